The normalized spacial score (nSPS) is 47.6. The Labute approximate surface area is 310 Å². The Hall–Kier alpha value is -0.500. The molecule has 51 heavy (non-hydrogen) atoms. The molecule has 9 rings (SSSR count). The van der Waals surface area contributed by atoms with Crippen molar-refractivity contribution in [2.75, 3.05) is 6.61 Å². The summed E-state index contributed by atoms with van der Waals surface area (Å²) in [5, 5.41) is 0. The van der Waals surface area contributed by atoms with E-state index < -0.39 is 11.6 Å². The molecular weight excluding hydrogens is 636 g/mol. The summed E-state index contributed by atoms with van der Waals surface area (Å²) in [5.41, 5.74) is 2.55. The van der Waals surface area contributed by atoms with Gasteiger partial charge in [-0.15, -0.1) is 0 Å². The second kappa shape index (κ2) is 13.9. The van der Waals surface area contributed by atoms with Gasteiger partial charge < -0.3 is 28.4 Å². The lowest BCUT2D eigenvalue weighted by molar-refractivity contribution is -0.265. The number of hydrogen-bond acceptors (Lipinski definition) is 6. The minimum absolute atomic E-state index is 0.138. The molecule has 288 valence electrons. The van der Waals surface area contributed by atoms with E-state index in [2.05, 4.69) is 40.7 Å². The van der Waals surface area contributed by atoms with E-state index in [0.717, 1.165) is 86.9 Å². The van der Waals surface area contributed by atoms with Gasteiger partial charge in [-0.3, -0.25) is 0 Å². The zero-order chi connectivity index (χ0) is 35.0. The molecule has 6 nitrogen and oxygen atoms in total. The van der Waals surface area contributed by atoms with Crippen molar-refractivity contribution < 1.29 is 28.4 Å². The summed E-state index contributed by atoms with van der Waals surface area (Å²) in [5.74, 6) is 4.27. The Morgan fingerprint density at radius 3 is 2.29 bits per heavy atom. The first kappa shape index (κ1) is 36.2. The van der Waals surface area contributed by atoms with Crippen LogP contribution in [0.1, 0.15) is 169 Å². The highest BCUT2D eigenvalue weighted by Gasteiger charge is 2.63. The molecule has 6 heteroatoms. The SMILES string of the molecule is CC(C)CCC[C@@H](C)[C@H]1CC[C@H]2[C@@H]3CC=C4C[C@@H](O[C@@H]5[C@H]6OC7(CCCCC7)O[C@H]6O[C@@H]5[C@H]5COC6(CCCCC6)O5)CC[C@]4(C)[C@H]3CC[C@]12C. The van der Waals surface area contributed by atoms with E-state index in [4.69, 9.17) is 28.4 Å². The molecule has 0 aromatic heterocycles. The predicted octanol–water partition coefficient (Wildman–Crippen LogP) is 10.7. The van der Waals surface area contributed by atoms with E-state index in [1.807, 2.05) is 0 Å². The van der Waals surface area contributed by atoms with Crippen LogP contribution in [0.2, 0.25) is 0 Å². The van der Waals surface area contributed by atoms with Crippen molar-refractivity contribution in [1.29, 1.82) is 0 Å². The molecule has 9 aliphatic rings. The predicted molar refractivity (Wildman–Crippen MR) is 199 cm³/mol. The van der Waals surface area contributed by atoms with Crippen molar-refractivity contribution in [3.8, 4) is 0 Å². The maximum absolute atomic E-state index is 7.30. The van der Waals surface area contributed by atoms with Crippen molar-refractivity contribution >= 4 is 0 Å². The summed E-state index contributed by atoms with van der Waals surface area (Å²) >= 11 is 0. The molecular formula is C45H72O6. The smallest absolute Gasteiger partial charge is 0.190 e. The number of hydrogen-bond donors (Lipinski definition) is 0. The minimum atomic E-state index is -0.496. The third-order valence-electron chi connectivity index (χ3n) is 17.0. The number of rotatable bonds is 8. The molecule has 0 radical (unpaired) electrons. The van der Waals surface area contributed by atoms with Crippen molar-refractivity contribution in [1.82, 2.24) is 0 Å². The van der Waals surface area contributed by atoms with Gasteiger partial charge in [0.25, 0.3) is 0 Å². The van der Waals surface area contributed by atoms with Crippen LogP contribution in [0.15, 0.2) is 11.6 Å². The lowest BCUT2D eigenvalue weighted by Gasteiger charge is -2.58. The zero-order valence-electron chi connectivity index (χ0n) is 33.0. The first-order valence-electron chi connectivity index (χ1n) is 22.3. The molecule has 13 atom stereocenters. The van der Waals surface area contributed by atoms with Crippen molar-refractivity contribution in [2.45, 2.75) is 218 Å². The fraction of sp³-hybridized carbons (Fsp3) is 0.956. The molecule has 0 aromatic rings. The second-order valence-electron chi connectivity index (χ2n) is 20.3. The fourth-order valence-corrected chi connectivity index (χ4v) is 14.2. The van der Waals surface area contributed by atoms with Crippen LogP contribution in [0.5, 0.6) is 0 Å². The molecule has 3 heterocycles. The van der Waals surface area contributed by atoms with Crippen molar-refractivity contribution in [2.24, 2.45) is 46.3 Å². The molecule has 5 saturated carbocycles. The van der Waals surface area contributed by atoms with Gasteiger partial charge in [-0.1, -0.05) is 78.4 Å². The van der Waals surface area contributed by atoms with Gasteiger partial charge >= 0.3 is 0 Å². The van der Waals surface area contributed by atoms with Gasteiger partial charge in [0.05, 0.1) is 12.7 Å². The van der Waals surface area contributed by atoms with Gasteiger partial charge in [0.15, 0.2) is 17.9 Å². The third-order valence-corrected chi connectivity index (χ3v) is 17.0. The molecule has 0 unspecified atom stereocenters. The standard InChI is InChI=1S/C45H72O6/c1-29(2)13-12-14-30(3)34-17-18-35-33-16-15-31-27-32(19-25-42(31,4)36(33)20-26-43(34,35)5)47-39-38(37-28-46-44(49-37)21-8-6-9-22-44)48-41-40(39)50-45(51-41)23-10-7-11-24-45/h15,29-30,32-41H,6-14,16-28H2,1-5H3/t30-,32+,33+,34-,35+,36+,37-,38-,39+,40-,41-,42+,43-/m1/s1. The fourth-order valence-electron chi connectivity index (χ4n) is 14.2. The van der Waals surface area contributed by atoms with E-state index in [9.17, 15) is 0 Å². The van der Waals surface area contributed by atoms with Gasteiger partial charge in [-0.25, -0.2) is 0 Å². The molecule has 8 fully saturated rings. The van der Waals surface area contributed by atoms with Crippen LogP contribution in [-0.2, 0) is 28.4 Å². The Balaban J connectivity index is 0.892. The number of allylic oxidation sites excluding steroid dienone is 1. The third kappa shape index (κ3) is 6.36. The van der Waals surface area contributed by atoms with Gasteiger partial charge in [0.2, 0.25) is 0 Å². The Morgan fingerprint density at radius 2 is 1.53 bits per heavy atom. The summed E-state index contributed by atoms with van der Waals surface area (Å²) in [6, 6.07) is 0. The lowest BCUT2D eigenvalue weighted by atomic mass is 9.47. The first-order valence-corrected chi connectivity index (χ1v) is 22.3. The largest absolute Gasteiger partial charge is 0.369 e. The number of fused-ring (bicyclic) bond motifs is 6. The van der Waals surface area contributed by atoms with Crippen molar-refractivity contribution in [3.05, 3.63) is 11.6 Å². The summed E-state index contributed by atoms with van der Waals surface area (Å²) in [6.07, 6.45) is 27.6. The van der Waals surface area contributed by atoms with Gasteiger partial charge in [-0.2, -0.15) is 0 Å². The van der Waals surface area contributed by atoms with Crippen LogP contribution in [-0.4, -0.2) is 55.0 Å². The summed E-state index contributed by atoms with van der Waals surface area (Å²) in [4.78, 5) is 0. The zero-order valence-corrected chi connectivity index (χ0v) is 33.0. The van der Waals surface area contributed by atoms with Crippen LogP contribution < -0.4 is 0 Å². The average Bonchev–Trinajstić information content (AvgIpc) is 3.86. The topological polar surface area (TPSA) is 55.4 Å². The van der Waals surface area contributed by atoms with Crippen LogP contribution in [0.3, 0.4) is 0 Å². The molecule has 0 bridgehead atoms. The minimum Gasteiger partial charge on any atom is -0.369 e. The van der Waals surface area contributed by atoms with Gasteiger partial charge in [0, 0.05) is 25.7 Å². The first-order chi connectivity index (χ1) is 24.6. The Bertz CT molecular complexity index is 1270. The Kier molecular flexibility index (Phi) is 9.86. The van der Waals surface area contributed by atoms with Crippen molar-refractivity contribution in [3.63, 3.8) is 0 Å². The van der Waals surface area contributed by atoms with Crippen LogP contribution >= 0.6 is 0 Å². The monoisotopic (exact) mass is 709 g/mol. The second-order valence-corrected chi connectivity index (χ2v) is 20.3. The molecule has 0 N–H and O–H groups in total. The maximum Gasteiger partial charge on any atom is 0.190 e. The Morgan fingerprint density at radius 1 is 0.765 bits per heavy atom. The highest BCUT2D eigenvalue weighted by Crippen LogP contribution is 2.67. The molecule has 3 saturated heterocycles. The van der Waals surface area contributed by atoms with Crippen LogP contribution in [0.4, 0.5) is 0 Å². The molecule has 2 spiro atoms. The maximum atomic E-state index is 7.30. The summed E-state index contributed by atoms with van der Waals surface area (Å²) in [7, 11) is 0. The van der Waals surface area contributed by atoms with Gasteiger partial charge in [0.1, 0.15) is 24.4 Å². The summed E-state index contributed by atoms with van der Waals surface area (Å²) in [6.45, 7) is 13.3. The van der Waals surface area contributed by atoms with Gasteiger partial charge in [-0.05, 0) is 123 Å². The average molecular weight is 709 g/mol. The van der Waals surface area contributed by atoms with E-state index in [0.29, 0.717) is 17.4 Å². The molecule has 6 aliphatic carbocycles. The highest BCUT2D eigenvalue weighted by molar-refractivity contribution is 5.26. The lowest BCUT2D eigenvalue weighted by Crippen LogP contribution is -2.52. The van der Waals surface area contributed by atoms with E-state index in [1.54, 1.807) is 5.57 Å². The highest BCUT2D eigenvalue weighted by atomic mass is 16.9. The van der Waals surface area contributed by atoms with E-state index in [-0.39, 0.29) is 36.8 Å². The molecule has 0 amide bonds. The van der Waals surface area contributed by atoms with Crippen LogP contribution in [0, 0.1) is 46.3 Å². The van der Waals surface area contributed by atoms with E-state index >= 15 is 0 Å². The summed E-state index contributed by atoms with van der Waals surface area (Å²) < 4.78 is 40.9. The number of ether oxygens (including phenoxy) is 6. The van der Waals surface area contributed by atoms with E-state index in [1.165, 1.54) is 83.5 Å². The van der Waals surface area contributed by atoms with Crippen LogP contribution in [0.25, 0.3) is 0 Å². The molecule has 0 aromatic carbocycles. The quantitative estimate of drug-likeness (QED) is 0.234. The molecule has 3 aliphatic heterocycles.